The summed E-state index contributed by atoms with van der Waals surface area (Å²) in [6, 6.07) is 13.5. The first-order chi connectivity index (χ1) is 14.1. The van der Waals surface area contributed by atoms with Crippen LogP contribution in [0.5, 0.6) is 5.75 Å². The molecule has 0 radical (unpaired) electrons. The fourth-order valence-electron chi connectivity index (χ4n) is 3.77. The largest absolute Gasteiger partial charge is 0.497 e. The van der Waals surface area contributed by atoms with Crippen molar-refractivity contribution in [3.63, 3.8) is 0 Å². The second kappa shape index (κ2) is 8.05. The van der Waals surface area contributed by atoms with E-state index in [1.54, 1.807) is 26.4 Å². The normalized spacial score (nSPS) is 15.6. The van der Waals surface area contributed by atoms with E-state index in [4.69, 9.17) is 9.47 Å². The van der Waals surface area contributed by atoms with Crippen LogP contribution in [0.25, 0.3) is 11.3 Å². The van der Waals surface area contributed by atoms with Gasteiger partial charge >= 0.3 is 0 Å². The SMILES string of the molecule is COCCCN1C(=O)c2[nH]nc(-c3ccc(F)cc3)c2C1c1ccc(OC)cc1. The molecule has 1 unspecified atom stereocenters. The number of carbonyl (C=O) groups is 1. The van der Waals surface area contributed by atoms with Gasteiger partial charge in [-0.25, -0.2) is 4.39 Å². The van der Waals surface area contributed by atoms with E-state index in [1.165, 1.54) is 12.1 Å². The molecule has 2 heterocycles. The second-order valence-corrected chi connectivity index (χ2v) is 6.89. The molecule has 1 N–H and O–H groups in total. The average molecular weight is 395 g/mol. The highest BCUT2D eigenvalue weighted by Crippen LogP contribution is 2.43. The van der Waals surface area contributed by atoms with Gasteiger partial charge in [0.05, 0.1) is 18.8 Å². The maximum atomic E-state index is 13.4. The van der Waals surface area contributed by atoms with Gasteiger partial charge in [-0.3, -0.25) is 9.89 Å². The van der Waals surface area contributed by atoms with E-state index in [9.17, 15) is 9.18 Å². The van der Waals surface area contributed by atoms with Gasteiger partial charge in [0.2, 0.25) is 0 Å². The predicted octanol–water partition coefficient (Wildman–Crippen LogP) is 3.81. The minimum atomic E-state index is -0.315. The number of hydrogen-bond donors (Lipinski definition) is 1. The summed E-state index contributed by atoms with van der Waals surface area (Å²) in [5.41, 5.74) is 3.66. The average Bonchev–Trinajstić information content (AvgIpc) is 3.28. The molecule has 1 aliphatic heterocycles. The number of hydrogen-bond acceptors (Lipinski definition) is 4. The molecule has 1 atom stereocenters. The van der Waals surface area contributed by atoms with E-state index in [0.717, 1.165) is 28.9 Å². The van der Waals surface area contributed by atoms with Gasteiger partial charge in [-0.05, 0) is 48.4 Å². The highest BCUT2D eigenvalue weighted by Gasteiger charge is 2.41. The van der Waals surface area contributed by atoms with Gasteiger partial charge < -0.3 is 14.4 Å². The zero-order valence-electron chi connectivity index (χ0n) is 16.3. The van der Waals surface area contributed by atoms with Crippen LogP contribution < -0.4 is 4.74 Å². The molecule has 1 aliphatic rings. The molecule has 0 saturated carbocycles. The van der Waals surface area contributed by atoms with Crippen molar-refractivity contribution in [3.8, 4) is 17.0 Å². The zero-order chi connectivity index (χ0) is 20.4. The standard InChI is InChI=1S/C22H22FN3O3/c1-28-13-3-12-26-21(15-6-10-17(29-2)11-7-15)18-19(24-25-20(18)22(26)27)14-4-8-16(23)9-5-14/h4-11,21H,3,12-13H2,1-2H3,(H,24,25). The van der Waals surface area contributed by atoms with E-state index >= 15 is 0 Å². The highest BCUT2D eigenvalue weighted by atomic mass is 19.1. The van der Waals surface area contributed by atoms with E-state index in [0.29, 0.717) is 24.5 Å². The smallest absolute Gasteiger partial charge is 0.273 e. The molecule has 7 heteroatoms. The topological polar surface area (TPSA) is 67.5 Å². The maximum absolute atomic E-state index is 13.4. The summed E-state index contributed by atoms with van der Waals surface area (Å²) in [5, 5.41) is 7.29. The highest BCUT2D eigenvalue weighted by molar-refractivity contribution is 6.00. The number of benzene rings is 2. The summed E-state index contributed by atoms with van der Waals surface area (Å²) in [4.78, 5) is 15.0. The monoisotopic (exact) mass is 395 g/mol. The van der Waals surface area contributed by atoms with Crippen LogP contribution in [0.1, 0.15) is 34.1 Å². The summed E-state index contributed by atoms with van der Waals surface area (Å²) < 4.78 is 23.8. The Morgan fingerprint density at radius 2 is 1.83 bits per heavy atom. The Bertz CT molecular complexity index is 999. The summed E-state index contributed by atoms with van der Waals surface area (Å²) in [5.74, 6) is 0.331. The molecule has 150 valence electrons. The van der Waals surface area contributed by atoms with Gasteiger partial charge in [0.15, 0.2) is 0 Å². The molecule has 3 aromatic rings. The second-order valence-electron chi connectivity index (χ2n) is 6.89. The van der Waals surface area contributed by atoms with Gasteiger partial charge in [0.1, 0.15) is 17.3 Å². The van der Waals surface area contributed by atoms with Crippen molar-refractivity contribution in [1.29, 1.82) is 0 Å². The van der Waals surface area contributed by atoms with Crippen LogP contribution >= 0.6 is 0 Å². The first kappa shape index (κ1) is 19.1. The number of methoxy groups -OCH3 is 2. The molecule has 2 aromatic carbocycles. The molecular weight excluding hydrogens is 373 g/mol. The first-order valence-corrected chi connectivity index (χ1v) is 9.42. The Balaban J connectivity index is 1.79. The maximum Gasteiger partial charge on any atom is 0.273 e. The molecule has 0 saturated heterocycles. The Morgan fingerprint density at radius 3 is 2.48 bits per heavy atom. The number of nitrogens with one attached hydrogen (secondary N) is 1. The van der Waals surface area contributed by atoms with E-state index < -0.39 is 0 Å². The van der Waals surface area contributed by atoms with E-state index in [1.807, 2.05) is 29.2 Å². The lowest BCUT2D eigenvalue weighted by Gasteiger charge is -2.26. The molecular formula is C22H22FN3O3. The fourth-order valence-corrected chi connectivity index (χ4v) is 3.77. The number of carbonyl (C=O) groups excluding carboxylic acids is 1. The summed E-state index contributed by atoms with van der Waals surface area (Å²) in [7, 11) is 3.26. The van der Waals surface area contributed by atoms with Crippen molar-refractivity contribution in [2.75, 3.05) is 27.4 Å². The van der Waals surface area contributed by atoms with Crippen LogP contribution in [0.2, 0.25) is 0 Å². The number of nitrogens with zero attached hydrogens (tertiary/aromatic N) is 2. The molecule has 0 bridgehead atoms. The minimum Gasteiger partial charge on any atom is -0.497 e. The van der Waals surface area contributed by atoms with E-state index in [2.05, 4.69) is 10.2 Å². The third-order valence-electron chi connectivity index (χ3n) is 5.16. The number of aromatic nitrogens is 2. The van der Waals surface area contributed by atoms with Crippen LogP contribution in [0, 0.1) is 5.82 Å². The zero-order valence-corrected chi connectivity index (χ0v) is 16.3. The summed E-state index contributed by atoms with van der Waals surface area (Å²) >= 11 is 0. The van der Waals surface area contributed by atoms with Crippen LogP contribution in [-0.4, -0.2) is 48.4 Å². The van der Waals surface area contributed by atoms with Gasteiger partial charge in [-0.15, -0.1) is 0 Å². The molecule has 0 spiro atoms. The van der Waals surface area contributed by atoms with Crippen LogP contribution in [0.4, 0.5) is 4.39 Å². The van der Waals surface area contributed by atoms with Crippen molar-refractivity contribution < 1.29 is 18.7 Å². The molecule has 0 fully saturated rings. The Kier molecular flexibility index (Phi) is 5.31. The minimum absolute atomic E-state index is 0.0993. The lowest BCUT2D eigenvalue weighted by atomic mass is 9.96. The molecule has 4 rings (SSSR count). The molecule has 6 nitrogen and oxygen atoms in total. The van der Waals surface area contributed by atoms with Crippen molar-refractivity contribution >= 4 is 5.91 Å². The molecule has 0 aliphatic carbocycles. The number of fused-ring (bicyclic) bond motifs is 1. The van der Waals surface area contributed by atoms with Crippen molar-refractivity contribution in [3.05, 3.63) is 71.2 Å². The number of H-pyrrole nitrogens is 1. The number of halogens is 1. The van der Waals surface area contributed by atoms with Gasteiger partial charge in [-0.1, -0.05) is 12.1 Å². The molecule has 1 amide bonds. The molecule has 29 heavy (non-hydrogen) atoms. The Labute approximate surface area is 168 Å². The Hall–Kier alpha value is -3.19. The number of rotatable bonds is 7. The van der Waals surface area contributed by atoms with Crippen molar-refractivity contribution in [1.82, 2.24) is 15.1 Å². The number of amides is 1. The third kappa shape index (κ3) is 3.49. The van der Waals surface area contributed by atoms with E-state index in [-0.39, 0.29) is 17.8 Å². The number of ether oxygens (including phenoxy) is 2. The quantitative estimate of drug-likeness (QED) is 0.618. The lowest BCUT2D eigenvalue weighted by Crippen LogP contribution is -2.31. The third-order valence-corrected chi connectivity index (χ3v) is 5.16. The van der Waals surface area contributed by atoms with Gasteiger partial charge in [0, 0.05) is 31.4 Å². The van der Waals surface area contributed by atoms with Crippen LogP contribution in [0.3, 0.4) is 0 Å². The van der Waals surface area contributed by atoms with Crippen LogP contribution in [-0.2, 0) is 4.74 Å². The van der Waals surface area contributed by atoms with Gasteiger partial charge in [0.25, 0.3) is 5.91 Å². The van der Waals surface area contributed by atoms with Crippen molar-refractivity contribution in [2.45, 2.75) is 12.5 Å². The van der Waals surface area contributed by atoms with Crippen LogP contribution in [0.15, 0.2) is 48.5 Å². The van der Waals surface area contributed by atoms with Gasteiger partial charge in [-0.2, -0.15) is 5.10 Å². The summed E-state index contributed by atoms with van der Waals surface area (Å²) in [6.45, 7) is 1.12. The molecule has 1 aromatic heterocycles. The number of aromatic amines is 1. The lowest BCUT2D eigenvalue weighted by molar-refractivity contribution is 0.0723. The first-order valence-electron chi connectivity index (χ1n) is 9.42. The predicted molar refractivity (Wildman–Crippen MR) is 106 cm³/mol. The van der Waals surface area contributed by atoms with Crippen molar-refractivity contribution in [2.24, 2.45) is 0 Å². The Morgan fingerprint density at radius 1 is 1.10 bits per heavy atom. The summed E-state index contributed by atoms with van der Waals surface area (Å²) in [6.07, 6.45) is 0.721. The fraction of sp³-hybridized carbons (Fsp3) is 0.273.